The molecule has 4 heteroatoms. The lowest BCUT2D eigenvalue weighted by Crippen LogP contribution is -2.10. The molecule has 96 valence electrons. The van der Waals surface area contributed by atoms with Gasteiger partial charge in [0, 0.05) is 18.0 Å². The van der Waals surface area contributed by atoms with Crippen molar-refractivity contribution in [2.45, 2.75) is 47.0 Å². The van der Waals surface area contributed by atoms with Crippen molar-refractivity contribution in [2.24, 2.45) is 5.92 Å². The van der Waals surface area contributed by atoms with Crippen molar-refractivity contribution < 1.29 is 0 Å². The lowest BCUT2D eigenvalue weighted by atomic mass is 10.1. The van der Waals surface area contributed by atoms with E-state index in [1.165, 1.54) is 0 Å². The fourth-order valence-corrected chi connectivity index (χ4v) is 1.59. The lowest BCUT2D eigenvalue weighted by Gasteiger charge is -2.13. The summed E-state index contributed by atoms with van der Waals surface area (Å²) in [5.41, 5.74) is 0.930. The molecule has 1 aromatic heterocycles. The molecule has 0 radical (unpaired) electrons. The van der Waals surface area contributed by atoms with E-state index in [1.807, 2.05) is 6.92 Å². The molecule has 1 heterocycles. The molecule has 0 aliphatic carbocycles. The number of hydrogen-bond acceptors (Lipinski definition) is 3. The zero-order valence-corrected chi connectivity index (χ0v) is 12.1. The van der Waals surface area contributed by atoms with E-state index in [4.69, 9.17) is 11.6 Å². The fourth-order valence-electron chi connectivity index (χ4n) is 1.42. The van der Waals surface area contributed by atoms with Gasteiger partial charge in [-0.15, -0.1) is 0 Å². The van der Waals surface area contributed by atoms with Gasteiger partial charge in [0.2, 0.25) is 0 Å². The average Bonchev–Trinajstić information content (AvgIpc) is 2.23. The Balaban J connectivity index is 2.82. The molecule has 17 heavy (non-hydrogen) atoms. The molecule has 0 atom stereocenters. The van der Waals surface area contributed by atoms with E-state index in [0.29, 0.717) is 17.0 Å². The SMILES string of the molecule is Cc1c(Cl)nc(C(C)C)nc1NCCC(C)C. The maximum atomic E-state index is 6.11. The van der Waals surface area contributed by atoms with Crippen LogP contribution in [0.15, 0.2) is 0 Å². The van der Waals surface area contributed by atoms with Crippen LogP contribution in [0.4, 0.5) is 5.82 Å². The Labute approximate surface area is 109 Å². The first-order valence-electron chi connectivity index (χ1n) is 6.19. The Bertz CT molecular complexity index is 375. The van der Waals surface area contributed by atoms with E-state index in [1.54, 1.807) is 0 Å². The third-order valence-electron chi connectivity index (χ3n) is 2.63. The van der Waals surface area contributed by atoms with Crippen molar-refractivity contribution in [1.82, 2.24) is 9.97 Å². The maximum absolute atomic E-state index is 6.11. The maximum Gasteiger partial charge on any atom is 0.137 e. The summed E-state index contributed by atoms with van der Waals surface area (Å²) >= 11 is 6.11. The molecule has 0 aromatic carbocycles. The van der Waals surface area contributed by atoms with E-state index in [0.717, 1.165) is 30.2 Å². The van der Waals surface area contributed by atoms with Crippen LogP contribution in [0, 0.1) is 12.8 Å². The average molecular weight is 256 g/mol. The highest BCUT2D eigenvalue weighted by Crippen LogP contribution is 2.22. The van der Waals surface area contributed by atoms with Gasteiger partial charge in [0.15, 0.2) is 0 Å². The summed E-state index contributed by atoms with van der Waals surface area (Å²) in [5.74, 6) is 2.64. The Morgan fingerprint density at radius 3 is 2.35 bits per heavy atom. The minimum absolute atomic E-state index is 0.291. The highest BCUT2D eigenvalue weighted by atomic mass is 35.5. The number of nitrogens with one attached hydrogen (secondary N) is 1. The van der Waals surface area contributed by atoms with E-state index < -0.39 is 0 Å². The molecular formula is C13H22ClN3. The molecule has 1 N–H and O–H groups in total. The van der Waals surface area contributed by atoms with Crippen LogP contribution in [-0.4, -0.2) is 16.5 Å². The standard InChI is InChI=1S/C13H22ClN3/c1-8(2)6-7-15-13-10(5)11(14)16-12(17-13)9(3)4/h8-9H,6-7H2,1-5H3,(H,15,16,17). The number of aromatic nitrogens is 2. The van der Waals surface area contributed by atoms with Crippen molar-refractivity contribution in [3.8, 4) is 0 Å². The van der Waals surface area contributed by atoms with Gasteiger partial charge >= 0.3 is 0 Å². The molecule has 0 aliphatic heterocycles. The smallest absolute Gasteiger partial charge is 0.137 e. The molecular weight excluding hydrogens is 234 g/mol. The van der Waals surface area contributed by atoms with Gasteiger partial charge in [-0.25, -0.2) is 9.97 Å². The first kappa shape index (κ1) is 14.2. The van der Waals surface area contributed by atoms with Gasteiger partial charge < -0.3 is 5.32 Å². The molecule has 3 nitrogen and oxygen atoms in total. The molecule has 0 saturated carbocycles. The van der Waals surface area contributed by atoms with Crippen LogP contribution in [0.3, 0.4) is 0 Å². The summed E-state index contributed by atoms with van der Waals surface area (Å²) in [5, 5.41) is 3.90. The van der Waals surface area contributed by atoms with E-state index in [9.17, 15) is 0 Å². The second kappa shape index (κ2) is 6.20. The molecule has 0 aliphatic rings. The minimum atomic E-state index is 0.291. The largest absolute Gasteiger partial charge is 0.370 e. The van der Waals surface area contributed by atoms with Crippen molar-refractivity contribution in [3.05, 3.63) is 16.5 Å². The summed E-state index contributed by atoms with van der Waals surface area (Å²) in [6, 6.07) is 0. The highest BCUT2D eigenvalue weighted by Gasteiger charge is 2.11. The highest BCUT2D eigenvalue weighted by molar-refractivity contribution is 6.30. The topological polar surface area (TPSA) is 37.8 Å². The van der Waals surface area contributed by atoms with Crippen molar-refractivity contribution in [3.63, 3.8) is 0 Å². The quantitative estimate of drug-likeness (QED) is 0.808. The van der Waals surface area contributed by atoms with E-state index in [-0.39, 0.29) is 0 Å². The van der Waals surface area contributed by atoms with Crippen molar-refractivity contribution >= 4 is 17.4 Å². The van der Waals surface area contributed by atoms with Crippen LogP contribution in [0.5, 0.6) is 0 Å². The molecule has 0 fully saturated rings. The number of rotatable bonds is 5. The van der Waals surface area contributed by atoms with Gasteiger partial charge in [-0.3, -0.25) is 0 Å². The first-order valence-corrected chi connectivity index (χ1v) is 6.57. The summed E-state index contributed by atoms with van der Waals surface area (Å²) in [6.45, 7) is 11.4. The summed E-state index contributed by atoms with van der Waals surface area (Å²) in [6.07, 6.45) is 1.12. The van der Waals surface area contributed by atoms with Gasteiger partial charge in [-0.1, -0.05) is 39.3 Å². The summed E-state index contributed by atoms with van der Waals surface area (Å²) < 4.78 is 0. The van der Waals surface area contributed by atoms with E-state index >= 15 is 0 Å². The Morgan fingerprint density at radius 2 is 1.82 bits per heavy atom. The molecule has 0 spiro atoms. The van der Waals surface area contributed by atoms with Crippen LogP contribution in [0.1, 0.15) is 51.4 Å². The zero-order valence-electron chi connectivity index (χ0n) is 11.3. The fraction of sp³-hybridized carbons (Fsp3) is 0.692. The predicted molar refractivity (Wildman–Crippen MR) is 73.8 cm³/mol. The van der Waals surface area contributed by atoms with Crippen molar-refractivity contribution in [1.29, 1.82) is 0 Å². The van der Waals surface area contributed by atoms with Crippen LogP contribution in [0.25, 0.3) is 0 Å². The van der Waals surface area contributed by atoms with Crippen LogP contribution in [-0.2, 0) is 0 Å². The zero-order chi connectivity index (χ0) is 13.0. The van der Waals surface area contributed by atoms with Crippen LogP contribution < -0.4 is 5.32 Å². The number of nitrogens with zero attached hydrogens (tertiary/aromatic N) is 2. The third-order valence-corrected chi connectivity index (χ3v) is 3.00. The Morgan fingerprint density at radius 1 is 1.18 bits per heavy atom. The van der Waals surface area contributed by atoms with Crippen LogP contribution >= 0.6 is 11.6 Å². The van der Waals surface area contributed by atoms with Gasteiger partial charge in [-0.2, -0.15) is 0 Å². The summed E-state index contributed by atoms with van der Waals surface area (Å²) in [4.78, 5) is 8.81. The summed E-state index contributed by atoms with van der Waals surface area (Å²) in [7, 11) is 0. The number of hydrogen-bond donors (Lipinski definition) is 1. The molecule has 0 unspecified atom stereocenters. The second-order valence-corrected chi connectivity index (χ2v) is 5.47. The molecule has 1 rings (SSSR count). The predicted octanol–water partition coefficient (Wildman–Crippen LogP) is 4.02. The Hall–Kier alpha value is -0.830. The molecule has 1 aromatic rings. The minimum Gasteiger partial charge on any atom is -0.370 e. The lowest BCUT2D eigenvalue weighted by molar-refractivity contribution is 0.606. The number of halogens is 1. The van der Waals surface area contributed by atoms with E-state index in [2.05, 4.69) is 43.0 Å². The number of anilines is 1. The van der Waals surface area contributed by atoms with Gasteiger partial charge in [-0.05, 0) is 19.3 Å². The normalized spacial score (nSPS) is 11.3. The van der Waals surface area contributed by atoms with Crippen LogP contribution in [0.2, 0.25) is 5.15 Å². The molecule has 0 amide bonds. The van der Waals surface area contributed by atoms with Gasteiger partial charge in [0.1, 0.15) is 16.8 Å². The Kier molecular flexibility index (Phi) is 5.19. The molecule has 0 saturated heterocycles. The van der Waals surface area contributed by atoms with Gasteiger partial charge in [0.25, 0.3) is 0 Å². The second-order valence-electron chi connectivity index (χ2n) is 5.11. The monoisotopic (exact) mass is 255 g/mol. The third kappa shape index (κ3) is 4.15. The molecule has 0 bridgehead atoms. The first-order chi connectivity index (χ1) is 7.91. The van der Waals surface area contributed by atoms with Gasteiger partial charge in [0.05, 0.1) is 0 Å². The van der Waals surface area contributed by atoms with Crippen molar-refractivity contribution in [2.75, 3.05) is 11.9 Å².